The van der Waals surface area contributed by atoms with Gasteiger partial charge in [-0.2, -0.15) is 0 Å². The SMILES string of the molecule is CSc1nc(-c2ccccc2[N+](=O)[O-])c[nH]1. The lowest BCUT2D eigenvalue weighted by atomic mass is 10.1. The number of thioether (sulfide) groups is 1. The second-order valence-corrected chi connectivity index (χ2v) is 3.86. The number of nitrogens with zero attached hydrogens (tertiary/aromatic N) is 2. The van der Waals surface area contributed by atoms with Crippen LogP contribution in [-0.4, -0.2) is 21.1 Å². The van der Waals surface area contributed by atoms with Gasteiger partial charge in [0.15, 0.2) is 5.16 Å². The van der Waals surface area contributed by atoms with E-state index in [0.29, 0.717) is 11.3 Å². The van der Waals surface area contributed by atoms with Crippen molar-refractivity contribution in [2.24, 2.45) is 0 Å². The first-order valence-electron chi connectivity index (χ1n) is 4.55. The normalized spacial score (nSPS) is 10.3. The standard InChI is InChI=1S/C10H9N3O2S/c1-16-10-11-6-8(12-10)7-4-2-3-5-9(7)13(14)15/h2-6H,1H3,(H,11,12). The summed E-state index contributed by atoms with van der Waals surface area (Å²) in [6, 6.07) is 6.57. The molecule has 82 valence electrons. The van der Waals surface area contributed by atoms with Gasteiger partial charge in [0.2, 0.25) is 0 Å². The van der Waals surface area contributed by atoms with Crippen molar-refractivity contribution in [1.29, 1.82) is 0 Å². The van der Waals surface area contributed by atoms with Crippen LogP contribution >= 0.6 is 11.8 Å². The van der Waals surface area contributed by atoms with Gasteiger partial charge in [0.25, 0.3) is 5.69 Å². The Morgan fingerprint density at radius 1 is 1.44 bits per heavy atom. The fourth-order valence-electron chi connectivity index (χ4n) is 1.40. The highest BCUT2D eigenvalue weighted by Crippen LogP contribution is 2.28. The van der Waals surface area contributed by atoms with Crippen molar-refractivity contribution in [3.05, 3.63) is 40.6 Å². The lowest BCUT2D eigenvalue weighted by Gasteiger charge is -1.97. The average Bonchev–Trinajstić information content (AvgIpc) is 2.77. The van der Waals surface area contributed by atoms with Crippen molar-refractivity contribution in [2.75, 3.05) is 6.26 Å². The molecule has 5 nitrogen and oxygen atoms in total. The quantitative estimate of drug-likeness (QED) is 0.504. The maximum Gasteiger partial charge on any atom is 0.278 e. The first-order valence-corrected chi connectivity index (χ1v) is 5.78. The summed E-state index contributed by atoms with van der Waals surface area (Å²) >= 11 is 1.46. The van der Waals surface area contributed by atoms with Gasteiger partial charge < -0.3 is 4.98 Å². The molecule has 0 aliphatic carbocycles. The summed E-state index contributed by atoms with van der Waals surface area (Å²) in [4.78, 5) is 17.6. The molecule has 0 fully saturated rings. The lowest BCUT2D eigenvalue weighted by Crippen LogP contribution is -1.91. The molecule has 0 amide bonds. The zero-order valence-electron chi connectivity index (χ0n) is 8.51. The number of H-pyrrole nitrogens is 1. The van der Waals surface area contributed by atoms with E-state index in [1.807, 2.05) is 6.26 Å². The Balaban J connectivity index is 2.50. The van der Waals surface area contributed by atoms with E-state index in [1.54, 1.807) is 24.4 Å². The Bertz CT molecular complexity index is 524. The highest BCUT2D eigenvalue weighted by Gasteiger charge is 2.16. The Kier molecular flexibility index (Phi) is 2.91. The summed E-state index contributed by atoms with van der Waals surface area (Å²) in [7, 11) is 0. The fourth-order valence-corrected chi connectivity index (χ4v) is 1.76. The minimum atomic E-state index is -0.400. The van der Waals surface area contributed by atoms with Crippen molar-refractivity contribution in [3.8, 4) is 11.3 Å². The highest BCUT2D eigenvalue weighted by molar-refractivity contribution is 7.98. The molecule has 16 heavy (non-hydrogen) atoms. The second kappa shape index (κ2) is 4.36. The van der Waals surface area contributed by atoms with Gasteiger partial charge in [-0.15, -0.1) is 0 Å². The third-order valence-electron chi connectivity index (χ3n) is 2.12. The highest BCUT2D eigenvalue weighted by atomic mass is 32.2. The van der Waals surface area contributed by atoms with Crippen LogP contribution in [0.25, 0.3) is 11.3 Å². The molecule has 0 unspecified atom stereocenters. The molecule has 1 heterocycles. The van der Waals surface area contributed by atoms with E-state index < -0.39 is 4.92 Å². The Labute approximate surface area is 96.1 Å². The van der Waals surface area contributed by atoms with Gasteiger partial charge in [-0.25, -0.2) is 4.98 Å². The Morgan fingerprint density at radius 2 is 2.19 bits per heavy atom. The molecule has 2 rings (SSSR count). The van der Waals surface area contributed by atoms with Crippen LogP contribution in [0.5, 0.6) is 0 Å². The van der Waals surface area contributed by atoms with E-state index in [4.69, 9.17) is 0 Å². The first-order chi connectivity index (χ1) is 7.72. The molecule has 0 atom stereocenters. The predicted molar refractivity (Wildman–Crippen MR) is 62.5 cm³/mol. The van der Waals surface area contributed by atoms with E-state index in [2.05, 4.69) is 9.97 Å². The van der Waals surface area contributed by atoms with Crippen LogP contribution in [0, 0.1) is 10.1 Å². The van der Waals surface area contributed by atoms with Gasteiger partial charge in [-0.1, -0.05) is 23.9 Å². The van der Waals surface area contributed by atoms with Crippen molar-refractivity contribution in [1.82, 2.24) is 9.97 Å². The molecule has 0 aliphatic rings. The molecular weight excluding hydrogens is 226 g/mol. The molecule has 2 aromatic rings. The first kappa shape index (κ1) is 10.7. The molecule has 0 bridgehead atoms. The van der Waals surface area contributed by atoms with E-state index in [-0.39, 0.29) is 5.69 Å². The number of imidazole rings is 1. The number of benzene rings is 1. The third-order valence-corrected chi connectivity index (χ3v) is 2.72. The summed E-state index contributed by atoms with van der Waals surface area (Å²) in [5.41, 5.74) is 1.20. The van der Waals surface area contributed by atoms with Gasteiger partial charge in [0.1, 0.15) is 0 Å². The van der Waals surface area contributed by atoms with Gasteiger partial charge in [-0.05, 0) is 12.3 Å². The molecule has 0 aliphatic heterocycles. The van der Waals surface area contributed by atoms with Crippen molar-refractivity contribution in [2.45, 2.75) is 5.16 Å². The van der Waals surface area contributed by atoms with E-state index >= 15 is 0 Å². The number of aromatic amines is 1. The summed E-state index contributed by atoms with van der Waals surface area (Å²) in [5.74, 6) is 0. The van der Waals surface area contributed by atoms with Crippen LogP contribution in [0.1, 0.15) is 0 Å². The second-order valence-electron chi connectivity index (χ2n) is 3.07. The largest absolute Gasteiger partial charge is 0.339 e. The lowest BCUT2D eigenvalue weighted by molar-refractivity contribution is -0.384. The zero-order chi connectivity index (χ0) is 11.5. The monoisotopic (exact) mass is 235 g/mol. The molecular formula is C10H9N3O2S. The van der Waals surface area contributed by atoms with E-state index in [1.165, 1.54) is 17.8 Å². The molecule has 1 aromatic heterocycles. The molecule has 0 radical (unpaired) electrons. The number of nitrogens with one attached hydrogen (secondary N) is 1. The summed E-state index contributed by atoms with van der Waals surface area (Å²) in [6.07, 6.45) is 3.57. The predicted octanol–water partition coefficient (Wildman–Crippen LogP) is 2.71. The van der Waals surface area contributed by atoms with Crippen molar-refractivity contribution in [3.63, 3.8) is 0 Å². The van der Waals surface area contributed by atoms with E-state index in [9.17, 15) is 10.1 Å². The van der Waals surface area contributed by atoms with Crippen LogP contribution in [0.4, 0.5) is 5.69 Å². The third kappa shape index (κ3) is 1.92. The van der Waals surface area contributed by atoms with Crippen LogP contribution in [-0.2, 0) is 0 Å². The van der Waals surface area contributed by atoms with Gasteiger partial charge in [0, 0.05) is 12.3 Å². The average molecular weight is 235 g/mol. The van der Waals surface area contributed by atoms with Crippen molar-refractivity contribution < 1.29 is 4.92 Å². The number of para-hydroxylation sites is 1. The van der Waals surface area contributed by atoms with Crippen LogP contribution < -0.4 is 0 Å². The number of nitro benzene ring substituents is 1. The zero-order valence-corrected chi connectivity index (χ0v) is 9.32. The number of hydrogen-bond acceptors (Lipinski definition) is 4. The smallest absolute Gasteiger partial charge is 0.278 e. The molecule has 0 saturated heterocycles. The van der Waals surface area contributed by atoms with E-state index in [0.717, 1.165) is 5.16 Å². The molecule has 6 heteroatoms. The molecule has 0 spiro atoms. The fraction of sp³-hybridized carbons (Fsp3) is 0.100. The maximum absolute atomic E-state index is 10.8. The Morgan fingerprint density at radius 3 is 2.81 bits per heavy atom. The minimum absolute atomic E-state index is 0.0710. The number of nitro groups is 1. The summed E-state index contributed by atoms with van der Waals surface area (Å²) in [5, 5.41) is 11.6. The van der Waals surface area contributed by atoms with Gasteiger partial charge in [-0.3, -0.25) is 10.1 Å². The van der Waals surface area contributed by atoms with Gasteiger partial charge in [0.05, 0.1) is 16.2 Å². The number of aromatic nitrogens is 2. The maximum atomic E-state index is 10.8. The minimum Gasteiger partial charge on any atom is -0.339 e. The summed E-state index contributed by atoms with van der Waals surface area (Å²) in [6.45, 7) is 0. The van der Waals surface area contributed by atoms with Crippen molar-refractivity contribution >= 4 is 17.4 Å². The van der Waals surface area contributed by atoms with Crippen LogP contribution in [0.3, 0.4) is 0 Å². The topological polar surface area (TPSA) is 71.8 Å². The Hall–Kier alpha value is -1.82. The number of hydrogen-bond donors (Lipinski definition) is 1. The van der Waals surface area contributed by atoms with Gasteiger partial charge >= 0.3 is 0 Å². The molecule has 1 aromatic carbocycles. The molecule has 0 saturated carbocycles. The molecule has 1 N–H and O–H groups in total. The van der Waals surface area contributed by atoms with Crippen LogP contribution in [0.15, 0.2) is 35.6 Å². The van der Waals surface area contributed by atoms with Crippen LogP contribution in [0.2, 0.25) is 0 Å². The summed E-state index contributed by atoms with van der Waals surface area (Å²) < 4.78 is 0. The number of rotatable bonds is 3.